The van der Waals surface area contributed by atoms with Gasteiger partial charge in [0.15, 0.2) is 0 Å². The van der Waals surface area contributed by atoms with Gasteiger partial charge in [-0.2, -0.15) is 0 Å². The van der Waals surface area contributed by atoms with Crippen molar-refractivity contribution in [3.63, 3.8) is 0 Å². The Morgan fingerprint density at radius 1 is 0.762 bits per heavy atom. The summed E-state index contributed by atoms with van der Waals surface area (Å²) in [5.41, 5.74) is 7.27. The van der Waals surface area contributed by atoms with Gasteiger partial charge < -0.3 is 5.73 Å². The third-order valence-electron chi connectivity index (χ3n) is 3.62. The summed E-state index contributed by atoms with van der Waals surface area (Å²) in [7, 11) is 0. The fourth-order valence-corrected chi connectivity index (χ4v) is 2.67. The minimum absolute atomic E-state index is 0.184. The molecule has 0 amide bonds. The molecule has 4 heteroatoms. The van der Waals surface area contributed by atoms with E-state index >= 15 is 0 Å². The molecule has 1 aromatic heterocycles. The highest BCUT2D eigenvalue weighted by Gasteiger charge is 2.09. The van der Waals surface area contributed by atoms with Gasteiger partial charge in [0.25, 0.3) is 0 Å². The number of hydrogen-bond acceptors (Lipinski definition) is 4. The number of nitrogens with zero attached hydrogens (tertiary/aromatic N) is 3. The summed E-state index contributed by atoms with van der Waals surface area (Å²) in [6.45, 7) is 0. The van der Waals surface area contributed by atoms with E-state index in [1.807, 2.05) is 18.2 Å². The minimum atomic E-state index is 0.184. The fourth-order valence-electron chi connectivity index (χ4n) is 2.67. The van der Waals surface area contributed by atoms with E-state index in [4.69, 9.17) is 5.73 Å². The molecule has 4 rings (SSSR count). The van der Waals surface area contributed by atoms with Crippen molar-refractivity contribution in [3.05, 3.63) is 60.8 Å². The maximum Gasteiger partial charge on any atom is 0.240 e. The molecule has 100 valence electrons. The molecular weight excluding hydrogens is 260 g/mol. The van der Waals surface area contributed by atoms with E-state index in [0.717, 1.165) is 16.6 Å². The Bertz CT molecular complexity index is 946. The smallest absolute Gasteiger partial charge is 0.240 e. The van der Waals surface area contributed by atoms with Crippen molar-refractivity contribution in [2.45, 2.75) is 0 Å². The van der Waals surface area contributed by atoms with Gasteiger partial charge in [0.1, 0.15) is 5.69 Å². The average Bonchev–Trinajstić information content (AvgIpc) is 2.55. The second-order valence-electron chi connectivity index (χ2n) is 4.89. The average molecular weight is 272 g/mol. The first-order valence-electron chi connectivity index (χ1n) is 6.69. The molecule has 0 atom stereocenters. The largest absolute Gasteiger partial charge is 0.366 e. The summed E-state index contributed by atoms with van der Waals surface area (Å²) in [4.78, 5) is 4.05. The Kier molecular flexibility index (Phi) is 2.54. The summed E-state index contributed by atoms with van der Waals surface area (Å²) in [5, 5.41) is 12.8. The van der Waals surface area contributed by atoms with E-state index in [1.165, 1.54) is 16.2 Å². The Balaban J connectivity index is 2.13. The molecule has 0 aliphatic carbocycles. The lowest BCUT2D eigenvalue weighted by Gasteiger charge is -2.09. The van der Waals surface area contributed by atoms with Crippen molar-refractivity contribution < 1.29 is 0 Å². The summed E-state index contributed by atoms with van der Waals surface area (Å²) in [6, 6.07) is 18.7. The molecule has 2 N–H and O–H groups in total. The first kappa shape index (κ1) is 11.8. The molecule has 1 heterocycles. The van der Waals surface area contributed by atoms with Crippen LogP contribution in [-0.4, -0.2) is 15.2 Å². The molecule has 4 nitrogen and oxygen atoms in total. The lowest BCUT2D eigenvalue weighted by Crippen LogP contribution is -1.98. The third kappa shape index (κ3) is 1.89. The third-order valence-corrected chi connectivity index (χ3v) is 3.62. The number of nitrogen functional groups attached to an aromatic ring is 1. The molecular formula is C17H12N4. The number of aromatic nitrogens is 3. The highest BCUT2D eigenvalue weighted by molar-refractivity contribution is 6.13. The molecule has 3 aromatic carbocycles. The van der Waals surface area contributed by atoms with Crippen LogP contribution >= 0.6 is 0 Å². The summed E-state index contributed by atoms with van der Waals surface area (Å²) in [6.07, 6.45) is 1.67. The Hall–Kier alpha value is -3.01. The number of anilines is 1. The Labute approximate surface area is 121 Å². The highest BCUT2D eigenvalue weighted by atomic mass is 15.2. The monoisotopic (exact) mass is 272 g/mol. The van der Waals surface area contributed by atoms with Crippen molar-refractivity contribution >= 4 is 27.5 Å². The van der Waals surface area contributed by atoms with Crippen LogP contribution in [0.1, 0.15) is 0 Å². The van der Waals surface area contributed by atoms with Gasteiger partial charge in [-0.3, -0.25) is 0 Å². The second kappa shape index (κ2) is 4.52. The van der Waals surface area contributed by atoms with Crippen LogP contribution < -0.4 is 5.73 Å². The van der Waals surface area contributed by atoms with E-state index < -0.39 is 0 Å². The molecule has 0 spiro atoms. The standard InChI is InChI=1S/C17H12N4/c18-17-19-10-16(20-21-17)15-9-11-5-1-2-6-12(11)13-7-3-4-8-14(13)15/h1-10H,(H2,18,19,21). The molecule has 0 aliphatic rings. The second-order valence-corrected chi connectivity index (χ2v) is 4.89. The topological polar surface area (TPSA) is 64.7 Å². The SMILES string of the molecule is Nc1ncc(-c2cc3ccccc3c3ccccc23)nn1. The number of rotatable bonds is 1. The van der Waals surface area contributed by atoms with Crippen LogP contribution in [0.15, 0.2) is 60.8 Å². The van der Waals surface area contributed by atoms with Crippen LogP contribution in [0.25, 0.3) is 32.8 Å². The highest BCUT2D eigenvalue weighted by Crippen LogP contribution is 2.33. The van der Waals surface area contributed by atoms with Gasteiger partial charge in [0, 0.05) is 5.56 Å². The van der Waals surface area contributed by atoms with Gasteiger partial charge in [-0.05, 0) is 27.6 Å². The van der Waals surface area contributed by atoms with Gasteiger partial charge in [-0.15, -0.1) is 10.2 Å². The van der Waals surface area contributed by atoms with E-state index in [9.17, 15) is 0 Å². The van der Waals surface area contributed by atoms with Crippen molar-refractivity contribution in [2.75, 3.05) is 5.73 Å². The quantitative estimate of drug-likeness (QED) is 0.539. The lowest BCUT2D eigenvalue weighted by atomic mass is 9.96. The van der Waals surface area contributed by atoms with Gasteiger partial charge in [0.2, 0.25) is 5.95 Å². The van der Waals surface area contributed by atoms with Crippen molar-refractivity contribution in [2.24, 2.45) is 0 Å². The Morgan fingerprint density at radius 2 is 1.48 bits per heavy atom. The summed E-state index contributed by atoms with van der Waals surface area (Å²) in [5.74, 6) is 0.184. The summed E-state index contributed by atoms with van der Waals surface area (Å²) >= 11 is 0. The van der Waals surface area contributed by atoms with Crippen LogP contribution in [0, 0.1) is 0 Å². The molecule has 0 radical (unpaired) electrons. The maximum atomic E-state index is 5.52. The molecule has 0 fully saturated rings. The van der Waals surface area contributed by atoms with E-state index in [0.29, 0.717) is 0 Å². The van der Waals surface area contributed by atoms with E-state index in [-0.39, 0.29) is 5.95 Å². The minimum Gasteiger partial charge on any atom is -0.366 e. The van der Waals surface area contributed by atoms with Crippen LogP contribution in [0.3, 0.4) is 0 Å². The molecule has 0 aliphatic heterocycles. The zero-order valence-electron chi connectivity index (χ0n) is 11.2. The van der Waals surface area contributed by atoms with Gasteiger partial charge in [0.05, 0.1) is 6.20 Å². The zero-order chi connectivity index (χ0) is 14.2. The van der Waals surface area contributed by atoms with Gasteiger partial charge in [-0.1, -0.05) is 48.5 Å². The molecule has 4 aromatic rings. The zero-order valence-corrected chi connectivity index (χ0v) is 11.2. The number of benzene rings is 3. The first-order valence-corrected chi connectivity index (χ1v) is 6.69. The molecule has 21 heavy (non-hydrogen) atoms. The summed E-state index contributed by atoms with van der Waals surface area (Å²) < 4.78 is 0. The number of nitrogens with two attached hydrogens (primary N) is 1. The molecule has 0 bridgehead atoms. The van der Waals surface area contributed by atoms with Crippen LogP contribution in [0.5, 0.6) is 0 Å². The number of hydrogen-bond donors (Lipinski definition) is 1. The van der Waals surface area contributed by atoms with Crippen molar-refractivity contribution in [1.82, 2.24) is 15.2 Å². The van der Waals surface area contributed by atoms with E-state index in [1.54, 1.807) is 6.20 Å². The normalized spacial score (nSPS) is 11.0. The van der Waals surface area contributed by atoms with Gasteiger partial charge in [-0.25, -0.2) is 4.98 Å². The maximum absolute atomic E-state index is 5.52. The lowest BCUT2D eigenvalue weighted by molar-refractivity contribution is 0.994. The molecule has 0 unspecified atom stereocenters. The predicted octanol–water partition coefficient (Wildman–Crippen LogP) is 3.43. The molecule has 0 saturated heterocycles. The van der Waals surface area contributed by atoms with Crippen LogP contribution in [-0.2, 0) is 0 Å². The Morgan fingerprint density at radius 3 is 2.24 bits per heavy atom. The number of fused-ring (bicyclic) bond motifs is 3. The van der Waals surface area contributed by atoms with Crippen LogP contribution in [0.4, 0.5) is 5.95 Å². The van der Waals surface area contributed by atoms with Crippen molar-refractivity contribution in [3.8, 4) is 11.3 Å². The predicted molar refractivity (Wildman–Crippen MR) is 84.7 cm³/mol. The fraction of sp³-hybridized carbons (Fsp3) is 0. The first-order chi connectivity index (χ1) is 10.3. The van der Waals surface area contributed by atoms with Crippen LogP contribution in [0.2, 0.25) is 0 Å². The van der Waals surface area contributed by atoms with Gasteiger partial charge >= 0.3 is 0 Å². The molecule has 0 saturated carbocycles. The van der Waals surface area contributed by atoms with E-state index in [2.05, 4.69) is 51.6 Å². The van der Waals surface area contributed by atoms with Crippen molar-refractivity contribution in [1.29, 1.82) is 0 Å².